The number of carbonyl (C=O) groups is 2. The van der Waals surface area contributed by atoms with Crippen LogP contribution >= 0.6 is 0 Å². The van der Waals surface area contributed by atoms with Crippen LogP contribution < -0.4 is 0 Å². The van der Waals surface area contributed by atoms with Crippen LogP contribution in [0, 0.1) is 5.92 Å². The monoisotopic (exact) mass is 320 g/mol. The molecule has 126 valence electrons. The zero-order valence-electron chi connectivity index (χ0n) is 13.7. The highest BCUT2D eigenvalue weighted by atomic mass is 16.6. The number of hydrogen-bond acceptors (Lipinski definition) is 5. The first-order chi connectivity index (χ1) is 11.2. The quantitative estimate of drug-likeness (QED) is 0.517. The van der Waals surface area contributed by atoms with Gasteiger partial charge in [-0.05, 0) is 32.3 Å². The summed E-state index contributed by atoms with van der Waals surface area (Å²) >= 11 is 0. The summed E-state index contributed by atoms with van der Waals surface area (Å²) in [6.45, 7) is 3.90. The van der Waals surface area contributed by atoms with E-state index in [2.05, 4.69) is 0 Å². The molecule has 0 N–H and O–H groups in total. The van der Waals surface area contributed by atoms with Gasteiger partial charge in [0.2, 0.25) is 0 Å². The Morgan fingerprint density at radius 2 is 1.61 bits per heavy atom. The van der Waals surface area contributed by atoms with Gasteiger partial charge in [0.1, 0.15) is 0 Å². The van der Waals surface area contributed by atoms with Gasteiger partial charge in [0.05, 0.1) is 25.4 Å². The van der Waals surface area contributed by atoms with E-state index in [-0.39, 0.29) is 31.8 Å². The van der Waals surface area contributed by atoms with Gasteiger partial charge in [0, 0.05) is 6.42 Å². The van der Waals surface area contributed by atoms with Crippen molar-refractivity contribution in [1.29, 1.82) is 0 Å². The summed E-state index contributed by atoms with van der Waals surface area (Å²) in [7, 11) is 0. The first-order valence-corrected chi connectivity index (χ1v) is 8.19. The number of hydrogen-bond donors (Lipinski definition) is 0. The van der Waals surface area contributed by atoms with E-state index < -0.39 is 17.9 Å². The van der Waals surface area contributed by atoms with Crippen LogP contribution in [-0.2, 0) is 23.8 Å². The molecule has 1 unspecified atom stereocenters. The van der Waals surface area contributed by atoms with Crippen molar-refractivity contribution in [1.82, 2.24) is 0 Å². The van der Waals surface area contributed by atoms with Crippen LogP contribution in [0.1, 0.15) is 44.8 Å². The molecule has 1 fully saturated rings. The zero-order valence-corrected chi connectivity index (χ0v) is 13.7. The maximum atomic E-state index is 12.1. The Bertz CT molecular complexity index is 491. The summed E-state index contributed by atoms with van der Waals surface area (Å²) in [6.07, 6.45) is 2.17. The molecule has 1 aromatic rings. The number of benzene rings is 1. The number of esters is 2. The largest absolute Gasteiger partial charge is 0.465 e. The van der Waals surface area contributed by atoms with Crippen molar-refractivity contribution in [2.24, 2.45) is 5.92 Å². The molecule has 1 aliphatic rings. The Labute approximate surface area is 136 Å². The van der Waals surface area contributed by atoms with Crippen molar-refractivity contribution >= 4 is 11.9 Å². The fourth-order valence-corrected chi connectivity index (χ4v) is 2.36. The summed E-state index contributed by atoms with van der Waals surface area (Å²) in [5.41, 5.74) is 0.956. The molecule has 0 amide bonds. The summed E-state index contributed by atoms with van der Waals surface area (Å²) in [4.78, 5) is 24.3. The average molecular weight is 320 g/mol. The highest BCUT2D eigenvalue weighted by molar-refractivity contribution is 5.94. The second-order valence-corrected chi connectivity index (χ2v) is 5.53. The van der Waals surface area contributed by atoms with Gasteiger partial charge in [-0.1, -0.05) is 30.3 Å². The van der Waals surface area contributed by atoms with Gasteiger partial charge in [-0.3, -0.25) is 9.59 Å². The molecule has 5 heteroatoms. The summed E-state index contributed by atoms with van der Waals surface area (Å²) < 4.78 is 16.1. The Balaban J connectivity index is 2.14. The van der Waals surface area contributed by atoms with Crippen LogP contribution in [0.2, 0.25) is 0 Å². The second-order valence-electron chi connectivity index (χ2n) is 5.53. The lowest BCUT2D eigenvalue weighted by atomic mass is 9.96. The Hall–Kier alpha value is -1.88. The Morgan fingerprint density at radius 1 is 1.04 bits per heavy atom. The van der Waals surface area contributed by atoms with E-state index in [1.54, 1.807) is 13.8 Å². The van der Waals surface area contributed by atoms with Crippen LogP contribution in [0.5, 0.6) is 0 Å². The van der Waals surface area contributed by atoms with Crippen molar-refractivity contribution in [2.45, 2.75) is 45.3 Å². The SMILES string of the molecule is CCOC(=O)C(CC(OC1CC1)c1ccccc1)C(=O)OCC. The predicted octanol–water partition coefficient (Wildman–Crippen LogP) is 3.04. The molecule has 1 saturated carbocycles. The van der Waals surface area contributed by atoms with E-state index in [9.17, 15) is 9.59 Å². The minimum atomic E-state index is -0.959. The van der Waals surface area contributed by atoms with Gasteiger partial charge < -0.3 is 14.2 Å². The maximum absolute atomic E-state index is 12.1. The Morgan fingerprint density at radius 3 is 2.09 bits per heavy atom. The van der Waals surface area contributed by atoms with Gasteiger partial charge in [-0.25, -0.2) is 0 Å². The lowest BCUT2D eigenvalue weighted by molar-refractivity contribution is -0.163. The van der Waals surface area contributed by atoms with E-state index >= 15 is 0 Å². The minimum Gasteiger partial charge on any atom is -0.465 e. The highest BCUT2D eigenvalue weighted by Crippen LogP contribution is 2.34. The van der Waals surface area contributed by atoms with E-state index in [0.29, 0.717) is 0 Å². The molecule has 1 aromatic carbocycles. The molecule has 0 saturated heterocycles. The number of rotatable bonds is 9. The van der Waals surface area contributed by atoms with Gasteiger partial charge in [0.25, 0.3) is 0 Å². The molecule has 0 aliphatic heterocycles. The van der Waals surface area contributed by atoms with E-state index in [0.717, 1.165) is 18.4 Å². The normalized spacial score (nSPS) is 15.3. The summed E-state index contributed by atoms with van der Waals surface area (Å²) in [5.74, 6) is -2.06. The smallest absolute Gasteiger partial charge is 0.320 e. The average Bonchev–Trinajstić information content (AvgIpc) is 3.36. The predicted molar refractivity (Wildman–Crippen MR) is 84.7 cm³/mol. The molecule has 0 bridgehead atoms. The molecular weight excluding hydrogens is 296 g/mol. The molecule has 1 atom stereocenters. The lowest BCUT2D eigenvalue weighted by Crippen LogP contribution is -2.30. The minimum absolute atomic E-state index is 0.213. The van der Waals surface area contributed by atoms with E-state index in [4.69, 9.17) is 14.2 Å². The van der Waals surface area contributed by atoms with Gasteiger partial charge in [-0.2, -0.15) is 0 Å². The van der Waals surface area contributed by atoms with Crippen LogP contribution in [0.15, 0.2) is 30.3 Å². The summed E-state index contributed by atoms with van der Waals surface area (Å²) in [5, 5.41) is 0. The molecule has 0 spiro atoms. The standard InChI is InChI=1S/C18H24O5/c1-3-21-17(19)15(18(20)22-4-2)12-16(23-14-10-11-14)13-8-6-5-7-9-13/h5-9,14-16H,3-4,10-12H2,1-2H3. The van der Waals surface area contributed by atoms with Crippen molar-refractivity contribution in [2.75, 3.05) is 13.2 Å². The lowest BCUT2D eigenvalue weighted by Gasteiger charge is -2.22. The van der Waals surface area contributed by atoms with Crippen LogP contribution in [0.4, 0.5) is 0 Å². The third-order valence-electron chi connectivity index (χ3n) is 3.64. The van der Waals surface area contributed by atoms with E-state index in [1.165, 1.54) is 0 Å². The molecule has 0 radical (unpaired) electrons. The van der Waals surface area contributed by atoms with Gasteiger partial charge >= 0.3 is 11.9 Å². The molecular formula is C18H24O5. The topological polar surface area (TPSA) is 61.8 Å². The molecule has 0 aromatic heterocycles. The van der Waals surface area contributed by atoms with Crippen LogP contribution in [-0.4, -0.2) is 31.3 Å². The fourth-order valence-electron chi connectivity index (χ4n) is 2.36. The second kappa shape index (κ2) is 8.67. The van der Waals surface area contributed by atoms with Crippen molar-refractivity contribution in [3.05, 3.63) is 35.9 Å². The van der Waals surface area contributed by atoms with Crippen LogP contribution in [0.3, 0.4) is 0 Å². The third-order valence-corrected chi connectivity index (χ3v) is 3.64. The Kier molecular flexibility index (Phi) is 6.59. The third kappa shape index (κ3) is 5.36. The van der Waals surface area contributed by atoms with E-state index in [1.807, 2.05) is 30.3 Å². The van der Waals surface area contributed by atoms with Gasteiger partial charge in [0.15, 0.2) is 5.92 Å². The molecule has 5 nitrogen and oxygen atoms in total. The zero-order chi connectivity index (χ0) is 16.7. The van der Waals surface area contributed by atoms with Gasteiger partial charge in [-0.15, -0.1) is 0 Å². The molecule has 0 heterocycles. The number of carbonyl (C=O) groups excluding carboxylic acids is 2. The molecule has 23 heavy (non-hydrogen) atoms. The van der Waals surface area contributed by atoms with Crippen molar-refractivity contribution in [3.63, 3.8) is 0 Å². The number of ether oxygens (including phenoxy) is 3. The molecule has 2 rings (SSSR count). The summed E-state index contributed by atoms with van der Waals surface area (Å²) in [6, 6.07) is 9.65. The van der Waals surface area contributed by atoms with Crippen molar-refractivity contribution in [3.8, 4) is 0 Å². The van der Waals surface area contributed by atoms with Crippen molar-refractivity contribution < 1.29 is 23.8 Å². The molecule has 1 aliphatic carbocycles. The highest BCUT2D eigenvalue weighted by Gasteiger charge is 2.35. The first kappa shape index (κ1) is 17.5. The van der Waals surface area contributed by atoms with Crippen LogP contribution in [0.25, 0.3) is 0 Å². The fraction of sp³-hybridized carbons (Fsp3) is 0.556. The first-order valence-electron chi connectivity index (χ1n) is 8.19. The maximum Gasteiger partial charge on any atom is 0.320 e.